The Bertz CT molecular complexity index is 774. The summed E-state index contributed by atoms with van der Waals surface area (Å²) in [6.45, 7) is 3.54. The maximum atomic E-state index is 12.9. The van der Waals surface area contributed by atoms with Gasteiger partial charge in [-0.3, -0.25) is 9.59 Å². The fourth-order valence-electron chi connectivity index (χ4n) is 2.15. The zero-order valence-electron chi connectivity index (χ0n) is 15.5. The normalized spacial score (nSPS) is 10.8. The van der Waals surface area contributed by atoms with Crippen molar-refractivity contribution in [1.82, 2.24) is 5.32 Å². The standard InChI is InChI=1S/C20H23FN2O4/c1-20(2,19(25)23-15-6-4-14(21)5-7-15)18(24)22-12-13-27-17-10-8-16(26-3)9-11-17/h4-11H,12-13H2,1-3H3,(H,22,24)(H,23,25). The van der Waals surface area contributed by atoms with Crippen LogP contribution >= 0.6 is 0 Å². The fraction of sp³-hybridized carbons (Fsp3) is 0.300. The van der Waals surface area contributed by atoms with Gasteiger partial charge in [0.15, 0.2) is 0 Å². The molecule has 0 atom stereocenters. The molecule has 2 aromatic rings. The third kappa shape index (κ3) is 5.70. The Morgan fingerprint density at radius 3 is 2.15 bits per heavy atom. The Balaban J connectivity index is 1.80. The number of halogens is 1. The molecule has 0 saturated heterocycles. The SMILES string of the molecule is COc1ccc(OCCNC(=O)C(C)(C)C(=O)Nc2ccc(F)cc2)cc1. The molecule has 0 aliphatic rings. The first-order chi connectivity index (χ1) is 12.8. The van der Waals surface area contributed by atoms with Gasteiger partial charge in [-0.1, -0.05) is 0 Å². The van der Waals surface area contributed by atoms with E-state index in [0.717, 1.165) is 5.75 Å². The van der Waals surface area contributed by atoms with Crippen LogP contribution in [-0.2, 0) is 9.59 Å². The molecule has 2 aromatic carbocycles. The summed E-state index contributed by atoms with van der Waals surface area (Å²) in [4.78, 5) is 24.7. The van der Waals surface area contributed by atoms with Crippen LogP contribution < -0.4 is 20.1 Å². The predicted molar refractivity (Wildman–Crippen MR) is 100 cm³/mol. The number of hydrogen-bond acceptors (Lipinski definition) is 4. The van der Waals surface area contributed by atoms with E-state index in [-0.39, 0.29) is 13.2 Å². The van der Waals surface area contributed by atoms with Gasteiger partial charge in [0.05, 0.1) is 13.7 Å². The average Bonchev–Trinajstić information content (AvgIpc) is 2.67. The smallest absolute Gasteiger partial charge is 0.239 e. The number of anilines is 1. The van der Waals surface area contributed by atoms with Crippen molar-refractivity contribution >= 4 is 17.5 Å². The summed E-state index contributed by atoms with van der Waals surface area (Å²) < 4.78 is 23.5. The molecule has 0 aliphatic carbocycles. The van der Waals surface area contributed by atoms with E-state index in [4.69, 9.17) is 9.47 Å². The Morgan fingerprint density at radius 2 is 1.56 bits per heavy atom. The molecule has 0 radical (unpaired) electrons. The second-order valence-corrected chi connectivity index (χ2v) is 6.37. The molecule has 0 unspecified atom stereocenters. The van der Waals surface area contributed by atoms with Crippen molar-refractivity contribution in [2.75, 3.05) is 25.6 Å². The lowest BCUT2D eigenvalue weighted by Crippen LogP contribution is -2.46. The fourth-order valence-corrected chi connectivity index (χ4v) is 2.15. The van der Waals surface area contributed by atoms with E-state index in [2.05, 4.69) is 10.6 Å². The van der Waals surface area contributed by atoms with Gasteiger partial charge in [0.25, 0.3) is 0 Å². The van der Waals surface area contributed by atoms with Crippen LogP contribution in [0, 0.1) is 11.2 Å². The zero-order valence-corrected chi connectivity index (χ0v) is 15.5. The van der Waals surface area contributed by atoms with Gasteiger partial charge in [-0.05, 0) is 62.4 Å². The van der Waals surface area contributed by atoms with E-state index in [1.165, 1.54) is 38.1 Å². The third-order valence-corrected chi connectivity index (χ3v) is 3.95. The first-order valence-corrected chi connectivity index (χ1v) is 8.45. The van der Waals surface area contributed by atoms with E-state index in [1.807, 2.05) is 0 Å². The van der Waals surface area contributed by atoms with Crippen LogP contribution in [0.3, 0.4) is 0 Å². The number of ether oxygens (including phenoxy) is 2. The Labute approximate surface area is 157 Å². The van der Waals surface area contributed by atoms with Crippen molar-refractivity contribution in [1.29, 1.82) is 0 Å². The maximum absolute atomic E-state index is 12.9. The van der Waals surface area contributed by atoms with Crippen LogP contribution in [0.1, 0.15) is 13.8 Å². The van der Waals surface area contributed by atoms with Gasteiger partial charge in [-0.15, -0.1) is 0 Å². The molecule has 27 heavy (non-hydrogen) atoms. The van der Waals surface area contributed by atoms with Crippen molar-refractivity contribution in [2.24, 2.45) is 5.41 Å². The van der Waals surface area contributed by atoms with Crippen molar-refractivity contribution in [3.63, 3.8) is 0 Å². The molecule has 144 valence electrons. The minimum atomic E-state index is -1.30. The molecule has 0 fully saturated rings. The average molecular weight is 374 g/mol. The lowest BCUT2D eigenvalue weighted by atomic mass is 9.91. The number of nitrogens with one attached hydrogen (secondary N) is 2. The first-order valence-electron chi connectivity index (χ1n) is 8.45. The molecule has 0 heterocycles. The minimum absolute atomic E-state index is 0.248. The summed E-state index contributed by atoms with van der Waals surface area (Å²) in [5.41, 5.74) is -0.876. The van der Waals surface area contributed by atoms with Gasteiger partial charge >= 0.3 is 0 Å². The number of rotatable bonds is 8. The Morgan fingerprint density at radius 1 is 0.963 bits per heavy atom. The second-order valence-electron chi connectivity index (χ2n) is 6.37. The molecular weight excluding hydrogens is 351 g/mol. The summed E-state index contributed by atoms with van der Waals surface area (Å²) in [6, 6.07) is 12.4. The zero-order chi connectivity index (χ0) is 19.9. The molecule has 6 nitrogen and oxygen atoms in total. The first kappa shape index (κ1) is 20.2. The molecular formula is C20H23FN2O4. The highest BCUT2D eigenvalue weighted by Gasteiger charge is 2.35. The molecule has 0 aromatic heterocycles. The number of hydrogen-bond donors (Lipinski definition) is 2. The third-order valence-electron chi connectivity index (χ3n) is 3.95. The van der Waals surface area contributed by atoms with Gasteiger partial charge in [0.1, 0.15) is 29.3 Å². The van der Waals surface area contributed by atoms with Gasteiger partial charge in [0, 0.05) is 5.69 Å². The summed E-state index contributed by atoms with van der Waals surface area (Å²) in [7, 11) is 1.58. The van der Waals surface area contributed by atoms with Gasteiger partial charge < -0.3 is 20.1 Å². The summed E-state index contributed by atoms with van der Waals surface area (Å²) in [6.07, 6.45) is 0. The highest BCUT2D eigenvalue weighted by Crippen LogP contribution is 2.20. The second kappa shape index (κ2) is 9.02. The van der Waals surface area contributed by atoms with E-state index in [9.17, 15) is 14.0 Å². The highest BCUT2D eigenvalue weighted by molar-refractivity contribution is 6.09. The quantitative estimate of drug-likeness (QED) is 0.550. The number of carbonyl (C=O) groups is 2. The predicted octanol–water partition coefficient (Wildman–Crippen LogP) is 2.99. The van der Waals surface area contributed by atoms with Gasteiger partial charge in [0.2, 0.25) is 11.8 Å². The number of amides is 2. The van der Waals surface area contributed by atoms with Crippen LogP contribution in [0.2, 0.25) is 0 Å². The molecule has 0 aliphatic heterocycles. The van der Waals surface area contributed by atoms with E-state index < -0.39 is 23.0 Å². The van der Waals surface area contributed by atoms with Gasteiger partial charge in [-0.25, -0.2) is 4.39 Å². The topological polar surface area (TPSA) is 76.7 Å². The minimum Gasteiger partial charge on any atom is -0.497 e. The van der Waals surface area contributed by atoms with Crippen LogP contribution in [0.4, 0.5) is 10.1 Å². The van der Waals surface area contributed by atoms with Crippen LogP contribution in [0.25, 0.3) is 0 Å². The highest BCUT2D eigenvalue weighted by atomic mass is 19.1. The number of carbonyl (C=O) groups excluding carboxylic acids is 2. The Hall–Kier alpha value is -3.09. The number of benzene rings is 2. The van der Waals surface area contributed by atoms with Gasteiger partial charge in [-0.2, -0.15) is 0 Å². The lowest BCUT2D eigenvalue weighted by Gasteiger charge is -2.22. The van der Waals surface area contributed by atoms with E-state index in [0.29, 0.717) is 11.4 Å². The molecule has 2 amide bonds. The largest absolute Gasteiger partial charge is 0.497 e. The molecule has 0 spiro atoms. The molecule has 0 saturated carbocycles. The van der Waals surface area contributed by atoms with Crippen molar-refractivity contribution in [3.8, 4) is 11.5 Å². The summed E-state index contributed by atoms with van der Waals surface area (Å²) in [5.74, 6) is 0.0629. The van der Waals surface area contributed by atoms with Crippen molar-refractivity contribution < 1.29 is 23.5 Å². The maximum Gasteiger partial charge on any atom is 0.239 e. The molecule has 7 heteroatoms. The van der Waals surface area contributed by atoms with Crippen LogP contribution in [-0.4, -0.2) is 32.1 Å². The van der Waals surface area contributed by atoms with Crippen LogP contribution in [0.5, 0.6) is 11.5 Å². The molecule has 2 rings (SSSR count). The molecule has 0 bridgehead atoms. The van der Waals surface area contributed by atoms with Crippen LogP contribution in [0.15, 0.2) is 48.5 Å². The van der Waals surface area contributed by atoms with E-state index in [1.54, 1.807) is 31.4 Å². The Kier molecular flexibility index (Phi) is 6.76. The van der Waals surface area contributed by atoms with E-state index >= 15 is 0 Å². The summed E-state index contributed by atoms with van der Waals surface area (Å²) >= 11 is 0. The monoisotopic (exact) mass is 374 g/mol. The van der Waals surface area contributed by atoms with Crippen molar-refractivity contribution in [2.45, 2.75) is 13.8 Å². The van der Waals surface area contributed by atoms with Crippen molar-refractivity contribution in [3.05, 3.63) is 54.3 Å². The summed E-state index contributed by atoms with van der Waals surface area (Å²) in [5, 5.41) is 5.29. The lowest BCUT2D eigenvalue weighted by molar-refractivity contribution is -0.138. The number of methoxy groups -OCH3 is 1. The molecule has 2 N–H and O–H groups in total.